The van der Waals surface area contributed by atoms with Gasteiger partial charge in [-0.05, 0) is 0 Å². The van der Waals surface area contributed by atoms with Gasteiger partial charge >= 0.3 is 175 Å². The van der Waals surface area contributed by atoms with E-state index in [1.807, 2.05) is 0 Å². The van der Waals surface area contributed by atoms with Crippen molar-refractivity contribution in [3.05, 3.63) is 0 Å². The summed E-state index contributed by atoms with van der Waals surface area (Å²) in [4.78, 5) is 2.39. The SMILES string of the molecule is [O-]OB([O-])[O-].[Rb+].[Rb+].[Rb+]. The van der Waals surface area contributed by atoms with Crippen molar-refractivity contribution in [1.82, 2.24) is 0 Å². The predicted octanol–water partition coefficient (Wildman–Crippen LogP) is -13.0. The third kappa shape index (κ3) is 22.5. The van der Waals surface area contributed by atoms with Crippen molar-refractivity contribution in [3.8, 4) is 0 Å². The molecule has 0 aromatic carbocycles. The Morgan fingerprint density at radius 3 is 1.12 bits per heavy atom. The van der Waals surface area contributed by atoms with Crippen LogP contribution in [0.2, 0.25) is 0 Å². The molecule has 0 aliphatic heterocycles. The zero-order chi connectivity index (χ0) is 4.28. The van der Waals surface area contributed by atoms with Crippen LogP contribution in [-0.2, 0) is 4.81 Å². The largest absolute Gasteiger partial charge is 1.00 e. The van der Waals surface area contributed by atoms with E-state index in [1.54, 1.807) is 0 Å². The first-order valence-electron chi connectivity index (χ1n) is 0.874. The van der Waals surface area contributed by atoms with Crippen LogP contribution in [0.5, 0.6) is 0 Å². The second-order valence-electron chi connectivity index (χ2n) is 0.385. The van der Waals surface area contributed by atoms with E-state index >= 15 is 0 Å². The molecule has 30 valence electrons. The van der Waals surface area contributed by atoms with Gasteiger partial charge in [0, 0.05) is 7.32 Å². The summed E-state index contributed by atoms with van der Waals surface area (Å²) < 4.78 is 0. The van der Waals surface area contributed by atoms with Gasteiger partial charge < -0.3 is 20.1 Å². The summed E-state index contributed by atoms with van der Waals surface area (Å²) in [5.41, 5.74) is 0. The van der Waals surface area contributed by atoms with Gasteiger partial charge in [0.15, 0.2) is 0 Å². The third-order valence-corrected chi connectivity index (χ3v) is 0.0786. The Morgan fingerprint density at radius 2 is 1.12 bits per heavy atom. The van der Waals surface area contributed by atoms with Crippen LogP contribution in [0.4, 0.5) is 0 Å². The van der Waals surface area contributed by atoms with Crippen LogP contribution >= 0.6 is 0 Å². The molecule has 0 heterocycles. The van der Waals surface area contributed by atoms with Gasteiger partial charge in [0.05, 0.1) is 0 Å². The smallest absolute Gasteiger partial charge is 0.871 e. The number of hydrogen-bond donors (Lipinski definition) is 0. The molecule has 0 radical (unpaired) electrons. The summed E-state index contributed by atoms with van der Waals surface area (Å²) in [6.45, 7) is 0. The van der Waals surface area contributed by atoms with Crippen LogP contribution in [0.3, 0.4) is 0 Å². The van der Waals surface area contributed by atoms with Crippen LogP contribution in [0.25, 0.3) is 0 Å². The fourth-order valence-electron chi connectivity index (χ4n) is 0. The Morgan fingerprint density at radius 1 is 1.00 bits per heavy atom. The fraction of sp³-hybridized carbons (Fsp3) is 0. The van der Waals surface area contributed by atoms with Crippen LogP contribution in [0, 0.1) is 0 Å². The van der Waals surface area contributed by atoms with Crippen LogP contribution in [-0.4, -0.2) is 7.32 Å². The van der Waals surface area contributed by atoms with Crippen LogP contribution in [0.1, 0.15) is 0 Å². The Labute approximate surface area is 195 Å². The molecule has 0 aliphatic carbocycles. The van der Waals surface area contributed by atoms with Crippen molar-refractivity contribution in [2.24, 2.45) is 0 Å². The van der Waals surface area contributed by atoms with E-state index < -0.39 is 7.32 Å². The summed E-state index contributed by atoms with van der Waals surface area (Å²) in [7, 11) is -2.67. The Kier molecular flexibility index (Phi) is 52.9. The van der Waals surface area contributed by atoms with Crippen LogP contribution < -0.4 is 190 Å². The molecule has 0 unspecified atom stereocenters. The first-order chi connectivity index (χ1) is 2.27. The third-order valence-electron chi connectivity index (χ3n) is 0.0786. The Bertz CT molecular complexity index is 25.2. The molecular formula is BO4Rb3. The number of hydrogen-bond acceptors (Lipinski definition) is 4. The molecule has 8 heavy (non-hydrogen) atoms. The minimum atomic E-state index is -2.67. The van der Waals surface area contributed by atoms with Crippen molar-refractivity contribution in [1.29, 1.82) is 0 Å². The Hall–Kier alpha value is 5.32. The average molecular weight is 331 g/mol. The molecule has 0 aromatic rings. The van der Waals surface area contributed by atoms with Gasteiger partial charge in [-0.2, -0.15) is 0 Å². The zero-order valence-corrected chi connectivity index (χ0v) is 20.0. The maximum atomic E-state index is 8.81. The Balaban J connectivity index is -0.0000000267. The molecule has 0 aromatic heterocycles. The van der Waals surface area contributed by atoms with E-state index in [1.165, 1.54) is 0 Å². The molecule has 0 rings (SSSR count). The molecule has 0 aliphatic rings. The maximum absolute atomic E-state index is 8.81. The summed E-state index contributed by atoms with van der Waals surface area (Å²) in [6.07, 6.45) is 0. The van der Waals surface area contributed by atoms with E-state index in [-0.39, 0.29) is 175 Å². The second-order valence-corrected chi connectivity index (χ2v) is 0.385. The first-order valence-corrected chi connectivity index (χ1v) is 0.874. The summed E-state index contributed by atoms with van der Waals surface area (Å²) >= 11 is 0. The molecule has 0 saturated carbocycles. The van der Waals surface area contributed by atoms with Gasteiger partial charge in [-0.3, -0.25) is 0 Å². The normalized spacial score (nSPS) is 4.88. The minimum Gasteiger partial charge on any atom is -0.871 e. The van der Waals surface area contributed by atoms with Gasteiger partial charge in [-0.1, -0.05) is 0 Å². The molecule has 8 heteroatoms. The predicted molar refractivity (Wildman–Crippen MR) is 6.84 cm³/mol. The molecule has 0 amide bonds. The maximum Gasteiger partial charge on any atom is 1.00 e. The molecule has 0 fully saturated rings. The molecule has 0 spiro atoms. The van der Waals surface area contributed by atoms with E-state index in [4.69, 9.17) is 15.3 Å². The summed E-state index contributed by atoms with van der Waals surface area (Å²) in [5, 5.41) is 26.1. The number of rotatable bonds is 1. The quantitative estimate of drug-likeness (QED) is 0.272. The van der Waals surface area contributed by atoms with Gasteiger partial charge in [0.1, 0.15) is 0 Å². The molecule has 0 atom stereocenters. The van der Waals surface area contributed by atoms with E-state index in [9.17, 15) is 0 Å². The minimum absolute atomic E-state index is 0. The molecule has 0 saturated heterocycles. The average Bonchev–Trinajstić information content (AvgIpc) is 1.38. The van der Waals surface area contributed by atoms with Crippen LogP contribution in [0.15, 0.2) is 0 Å². The van der Waals surface area contributed by atoms with Crippen molar-refractivity contribution in [2.75, 3.05) is 0 Å². The van der Waals surface area contributed by atoms with E-state index in [2.05, 4.69) is 4.81 Å². The first kappa shape index (κ1) is 23.3. The van der Waals surface area contributed by atoms with Crippen molar-refractivity contribution in [2.45, 2.75) is 0 Å². The fourth-order valence-corrected chi connectivity index (χ4v) is 0. The van der Waals surface area contributed by atoms with Crippen molar-refractivity contribution < 1.29 is 195 Å². The topological polar surface area (TPSA) is 78.4 Å². The summed E-state index contributed by atoms with van der Waals surface area (Å²) in [5.74, 6) is 0. The molecule has 0 N–H and O–H groups in total. The van der Waals surface area contributed by atoms with Gasteiger partial charge in [0.2, 0.25) is 0 Å². The van der Waals surface area contributed by atoms with E-state index in [0.29, 0.717) is 0 Å². The molecule has 0 bridgehead atoms. The zero-order valence-electron chi connectivity index (χ0n) is 5.21. The molecular weight excluding hydrogens is 331 g/mol. The van der Waals surface area contributed by atoms with Crippen molar-refractivity contribution >= 4 is 7.32 Å². The standard InChI is InChI=1S/BHO4.3Rb/c2-1(3)5-4;;;/h4H;;;/q-2;3*+1/p-1. The van der Waals surface area contributed by atoms with Gasteiger partial charge in [-0.15, -0.1) is 0 Å². The summed E-state index contributed by atoms with van der Waals surface area (Å²) in [6, 6.07) is 0. The molecule has 4 nitrogen and oxygen atoms in total. The van der Waals surface area contributed by atoms with Crippen molar-refractivity contribution in [3.63, 3.8) is 0 Å². The van der Waals surface area contributed by atoms with Gasteiger partial charge in [0.25, 0.3) is 0 Å². The van der Waals surface area contributed by atoms with E-state index in [0.717, 1.165) is 0 Å². The monoisotopic (exact) mass is 330 g/mol. The second kappa shape index (κ2) is 18.2. The van der Waals surface area contributed by atoms with Gasteiger partial charge in [-0.25, -0.2) is 0 Å².